The fourth-order valence-corrected chi connectivity index (χ4v) is 3.76. The summed E-state index contributed by atoms with van der Waals surface area (Å²) in [5.74, 6) is 0. The highest BCUT2D eigenvalue weighted by Gasteiger charge is 2.22. The van der Waals surface area contributed by atoms with Gasteiger partial charge in [0.2, 0.25) is 0 Å². The number of hydrogen-bond acceptors (Lipinski definition) is 5. The van der Waals surface area contributed by atoms with Gasteiger partial charge in [-0.3, -0.25) is 4.40 Å². The van der Waals surface area contributed by atoms with Crippen LogP contribution in [-0.4, -0.2) is 19.4 Å². The van der Waals surface area contributed by atoms with Crippen molar-refractivity contribution in [1.82, 2.24) is 19.4 Å². The van der Waals surface area contributed by atoms with Gasteiger partial charge >= 0.3 is 0 Å². The second-order valence-electron chi connectivity index (χ2n) is 5.15. The van der Waals surface area contributed by atoms with Crippen molar-refractivity contribution in [1.29, 1.82) is 5.26 Å². The third-order valence-electron chi connectivity index (χ3n) is 3.79. The molecule has 5 nitrogen and oxygen atoms in total. The maximum atomic E-state index is 9.62. The molecule has 0 fully saturated rings. The first kappa shape index (κ1) is 14.1. The molecule has 4 aromatic heterocycles. The van der Waals surface area contributed by atoms with Crippen LogP contribution in [0.25, 0.3) is 28.1 Å². The molecule has 4 rings (SSSR count). The van der Waals surface area contributed by atoms with Gasteiger partial charge in [0.25, 0.3) is 0 Å². The third-order valence-corrected chi connectivity index (χ3v) is 4.93. The zero-order valence-electron chi connectivity index (χ0n) is 12.3. The average molecular weight is 340 g/mol. The summed E-state index contributed by atoms with van der Waals surface area (Å²) in [5.41, 5.74) is 4.69. The van der Waals surface area contributed by atoms with Crippen LogP contribution in [0.5, 0.6) is 0 Å². The number of nitriles is 1. The van der Waals surface area contributed by atoms with Crippen LogP contribution in [-0.2, 0) is 0 Å². The van der Waals surface area contributed by atoms with Crippen molar-refractivity contribution in [3.8, 4) is 17.3 Å². The Morgan fingerprint density at radius 2 is 2.13 bits per heavy atom. The summed E-state index contributed by atoms with van der Waals surface area (Å²) in [5, 5.41) is 13.0. The first-order valence-corrected chi connectivity index (χ1v) is 8.15. The van der Waals surface area contributed by atoms with Crippen LogP contribution >= 0.6 is 22.9 Å². The lowest BCUT2D eigenvalue weighted by molar-refractivity contribution is 1.18. The minimum Gasteiger partial charge on any atom is -0.279 e. The highest BCUT2D eigenvalue weighted by Crippen LogP contribution is 2.36. The molecule has 0 bridgehead atoms. The molecule has 112 valence electrons. The van der Waals surface area contributed by atoms with E-state index in [1.54, 1.807) is 21.9 Å². The Balaban J connectivity index is 2.24. The predicted molar refractivity (Wildman–Crippen MR) is 90.8 cm³/mol. The first-order valence-electron chi connectivity index (χ1n) is 6.89. The van der Waals surface area contributed by atoms with E-state index in [9.17, 15) is 5.26 Å². The van der Waals surface area contributed by atoms with E-state index in [1.807, 2.05) is 31.4 Å². The Kier molecular flexibility index (Phi) is 3.08. The molecule has 0 N–H and O–H groups in total. The molecule has 0 saturated heterocycles. The van der Waals surface area contributed by atoms with Gasteiger partial charge in [-0.1, -0.05) is 11.6 Å². The van der Waals surface area contributed by atoms with Crippen molar-refractivity contribution in [2.24, 2.45) is 0 Å². The van der Waals surface area contributed by atoms with Gasteiger partial charge < -0.3 is 0 Å². The van der Waals surface area contributed by atoms with Gasteiger partial charge in [0.1, 0.15) is 11.2 Å². The van der Waals surface area contributed by atoms with Crippen molar-refractivity contribution in [3.63, 3.8) is 0 Å². The lowest BCUT2D eigenvalue weighted by Gasteiger charge is -2.11. The Morgan fingerprint density at radius 3 is 2.83 bits per heavy atom. The molecule has 0 aliphatic rings. The molecule has 4 aromatic rings. The molecule has 0 aliphatic carbocycles. The lowest BCUT2D eigenvalue weighted by Crippen LogP contribution is -1.99. The summed E-state index contributed by atoms with van der Waals surface area (Å²) < 4.78 is 1.78. The molecule has 0 aliphatic heterocycles. The Labute approximate surface area is 140 Å². The number of fused-ring (bicyclic) bond motifs is 3. The van der Waals surface area contributed by atoms with Crippen molar-refractivity contribution >= 4 is 39.7 Å². The Hall–Kier alpha value is -2.49. The molecule has 0 spiro atoms. The molecular formula is C16H10ClN5S. The largest absolute Gasteiger partial charge is 0.279 e. The maximum absolute atomic E-state index is 9.62. The number of rotatable bonds is 1. The van der Waals surface area contributed by atoms with Crippen LogP contribution in [0, 0.1) is 25.2 Å². The van der Waals surface area contributed by atoms with Gasteiger partial charge in [-0.2, -0.15) is 5.26 Å². The van der Waals surface area contributed by atoms with Gasteiger partial charge in [-0.05, 0) is 31.5 Å². The van der Waals surface area contributed by atoms with E-state index in [0.29, 0.717) is 22.0 Å². The van der Waals surface area contributed by atoms with Crippen LogP contribution < -0.4 is 0 Å². The zero-order chi connectivity index (χ0) is 16.1. The van der Waals surface area contributed by atoms with Crippen LogP contribution in [0.15, 0.2) is 23.7 Å². The van der Waals surface area contributed by atoms with E-state index >= 15 is 0 Å². The van der Waals surface area contributed by atoms with Crippen LogP contribution in [0.4, 0.5) is 0 Å². The summed E-state index contributed by atoms with van der Waals surface area (Å²) in [6.45, 7) is 3.82. The standard InChI is InChI=1S/C16H10ClN5S/c1-8-10(6-18)16-21-15-12(4-3-5-19-15)22(16)14(17)13(8)11-7-23-9(2)20-11/h3-5,7H,1-2H3. The Bertz CT molecular complexity index is 1120. The summed E-state index contributed by atoms with van der Waals surface area (Å²) in [7, 11) is 0. The van der Waals surface area contributed by atoms with Gasteiger partial charge in [0, 0.05) is 17.1 Å². The smallest absolute Gasteiger partial charge is 0.178 e. The number of halogens is 1. The molecular weight excluding hydrogens is 330 g/mol. The molecule has 0 aromatic carbocycles. The normalized spacial score (nSPS) is 11.2. The van der Waals surface area contributed by atoms with Gasteiger partial charge in [-0.15, -0.1) is 11.3 Å². The molecule has 0 atom stereocenters. The van der Waals surface area contributed by atoms with Crippen molar-refractivity contribution < 1.29 is 0 Å². The lowest BCUT2D eigenvalue weighted by atomic mass is 10.0. The predicted octanol–water partition coefficient (Wildman–Crippen LogP) is 4.15. The molecule has 0 amide bonds. The summed E-state index contributed by atoms with van der Waals surface area (Å²) >= 11 is 8.24. The zero-order valence-corrected chi connectivity index (χ0v) is 13.9. The number of aryl methyl sites for hydroxylation is 1. The van der Waals surface area contributed by atoms with Gasteiger partial charge in [-0.25, -0.2) is 15.0 Å². The van der Waals surface area contributed by atoms with Crippen LogP contribution in [0.1, 0.15) is 16.1 Å². The van der Waals surface area contributed by atoms with E-state index in [0.717, 1.165) is 27.3 Å². The first-order chi connectivity index (χ1) is 11.1. The summed E-state index contributed by atoms with van der Waals surface area (Å²) in [6.07, 6.45) is 1.67. The summed E-state index contributed by atoms with van der Waals surface area (Å²) in [4.78, 5) is 13.3. The van der Waals surface area contributed by atoms with Crippen LogP contribution in [0.2, 0.25) is 5.15 Å². The van der Waals surface area contributed by atoms with E-state index in [2.05, 4.69) is 21.0 Å². The number of aromatic nitrogens is 4. The van der Waals surface area contributed by atoms with Crippen molar-refractivity contribution in [3.05, 3.63) is 45.0 Å². The number of nitrogens with zero attached hydrogens (tertiary/aromatic N) is 5. The van der Waals surface area contributed by atoms with E-state index < -0.39 is 0 Å². The van der Waals surface area contributed by atoms with E-state index in [-0.39, 0.29) is 0 Å². The fourth-order valence-electron chi connectivity index (χ4n) is 2.75. The topological polar surface area (TPSA) is 66.9 Å². The molecule has 0 saturated carbocycles. The van der Waals surface area contributed by atoms with Crippen molar-refractivity contribution in [2.45, 2.75) is 13.8 Å². The minimum absolute atomic E-state index is 0.494. The second kappa shape index (κ2) is 5.01. The van der Waals surface area contributed by atoms with Crippen molar-refractivity contribution in [2.75, 3.05) is 0 Å². The highest BCUT2D eigenvalue weighted by atomic mass is 35.5. The Morgan fingerprint density at radius 1 is 1.30 bits per heavy atom. The molecule has 0 radical (unpaired) electrons. The highest BCUT2D eigenvalue weighted by molar-refractivity contribution is 7.09. The fraction of sp³-hybridized carbons (Fsp3) is 0.125. The number of thiazole rings is 1. The SMILES string of the molecule is Cc1nc(-c2c(C)c(C#N)c3nc4ncccc4n3c2Cl)cs1. The number of pyridine rings is 2. The van der Waals surface area contributed by atoms with Crippen LogP contribution in [0.3, 0.4) is 0 Å². The monoisotopic (exact) mass is 339 g/mol. The third kappa shape index (κ3) is 1.94. The van der Waals surface area contributed by atoms with E-state index in [4.69, 9.17) is 11.6 Å². The molecule has 0 unspecified atom stereocenters. The maximum Gasteiger partial charge on any atom is 0.178 e. The number of hydrogen-bond donors (Lipinski definition) is 0. The minimum atomic E-state index is 0.494. The average Bonchev–Trinajstić information content (AvgIpc) is 3.11. The molecule has 4 heterocycles. The second-order valence-corrected chi connectivity index (χ2v) is 6.57. The summed E-state index contributed by atoms with van der Waals surface area (Å²) in [6, 6.07) is 5.96. The van der Waals surface area contributed by atoms with Gasteiger partial charge in [0.05, 0.1) is 21.8 Å². The molecule has 7 heteroatoms. The van der Waals surface area contributed by atoms with Gasteiger partial charge in [0.15, 0.2) is 11.3 Å². The quantitative estimate of drug-likeness (QED) is 0.489. The van der Waals surface area contributed by atoms with E-state index in [1.165, 1.54) is 0 Å². The number of imidazole rings is 1. The molecule has 23 heavy (non-hydrogen) atoms.